The number of aromatic nitrogens is 1. The SMILES string of the molecule is Clc1ccc(CSC2=Nc3ccccc3CS2)cn1. The van der Waals surface area contributed by atoms with Gasteiger partial charge in [0.25, 0.3) is 0 Å². The Hall–Kier alpha value is -0.970. The number of nitrogens with zero attached hydrogens (tertiary/aromatic N) is 2. The van der Waals surface area contributed by atoms with E-state index in [1.54, 1.807) is 23.5 Å². The van der Waals surface area contributed by atoms with Gasteiger partial charge in [-0.05, 0) is 23.3 Å². The van der Waals surface area contributed by atoms with Gasteiger partial charge in [0, 0.05) is 17.7 Å². The Morgan fingerprint density at radius 3 is 2.95 bits per heavy atom. The third-order valence-electron chi connectivity index (χ3n) is 2.71. The zero-order valence-corrected chi connectivity index (χ0v) is 12.4. The molecule has 0 N–H and O–H groups in total. The normalized spacial score (nSPS) is 13.8. The molecule has 3 rings (SSSR count). The van der Waals surface area contributed by atoms with Gasteiger partial charge in [0.1, 0.15) is 9.53 Å². The molecule has 96 valence electrons. The van der Waals surface area contributed by atoms with Crippen LogP contribution in [0.5, 0.6) is 0 Å². The monoisotopic (exact) mass is 306 g/mol. The molecule has 2 heterocycles. The molecule has 1 aliphatic rings. The van der Waals surface area contributed by atoms with E-state index in [4.69, 9.17) is 11.6 Å². The van der Waals surface area contributed by atoms with Crippen molar-refractivity contribution in [3.05, 3.63) is 58.9 Å². The molecule has 0 amide bonds. The van der Waals surface area contributed by atoms with E-state index in [1.807, 2.05) is 24.4 Å². The average molecular weight is 307 g/mol. The van der Waals surface area contributed by atoms with E-state index in [0.717, 1.165) is 27.1 Å². The third kappa shape index (κ3) is 3.32. The van der Waals surface area contributed by atoms with E-state index in [2.05, 4.69) is 28.2 Å². The van der Waals surface area contributed by atoms with Gasteiger partial charge in [0.05, 0.1) is 5.69 Å². The summed E-state index contributed by atoms with van der Waals surface area (Å²) in [7, 11) is 0. The lowest BCUT2D eigenvalue weighted by Crippen LogP contribution is -1.96. The molecule has 19 heavy (non-hydrogen) atoms. The van der Waals surface area contributed by atoms with Crippen LogP contribution in [0.2, 0.25) is 5.15 Å². The molecule has 0 atom stereocenters. The molecule has 2 nitrogen and oxygen atoms in total. The fourth-order valence-electron chi connectivity index (χ4n) is 1.72. The fourth-order valence-corrected chi connectivity index (χ4v) is 3.83. The minimum Gasteiger partial charge on any atom is -0.244 e. The third-order valence-corrected chi connectivity index (χ3v) is 5.25. The molecule has 1 aromatic carbocycles. The Labute approximate surface area is 125 Å². The van der Waals surface area contributed by atoms with Crippen LogP contribution in [0.1, 0.15) is 11.1 Å². The van der Waals surface area contributed by atoms with E-state index in [-0.39, 0.29) is 0 Å². The van der Waals surface area contributed by atoms with Crippen molar-refractivity contribution in [3.8, 4) is 0 Å². The molecule has 0 aliphatic carbocycles. The molecule has 1 aromatic heterocycles. The summed E-state index contributed by atoms with van der Waals surface area (Å²) in [6, 6.07) is 12.1. The zero-order chi connectivity index (χ0) is 13.1. The van der Waals surface area contributed by atoms with Crippen molar-refractivity contribution >= 4 is 45.2 Å². The first-order valence-electron chi connectivity index (χ1n) is 5.84. The highest BCUT2D eigenvalue weighted by Gasteiger charge is 2.12. The van der Waals surface area contributed by atoms with Crippen LogP contribution >= 0.6 is 35.1 Å². The molecule has 0 spiro atoms. The Kier molecular flexibility index (Phi) is 4.11. The van der Waals surface area contributed by atoms with Gasteiger partial charge < -0.3 is 0 Å². The highest BCUT2D eigenvalue weighted by atomic mass is 35.5. The zero-order valence-electron chi connectivity index (χ0n) is 10.0. The van der Waals surface area contributed by atoms with Crippen molar-refractivity contribution in [2.45, 2.75) is 11.5 Å². The van der Waals surface area contributed by atoms with Crippen molar-refractivity contribution in [1.29, 1.82) is 0 Å². The van der Waals surface area contributed by atoms with Gasteiger partial charge in [-0.15, -0.1) is 0 Å². The van der Waals surface area contributed by atoms with Crippen molar-refractivity contribution in [2.24, 2.45) is 4.99 Å². The van der Waals surface area contributed by atoms with Crippen molar-refractivity contribution in [3.63, 3.8) is 0 Å². The van der Waals surface area contributed by atoms with E-state index in [0.29, 0.717) is 5.15 Å². The predicted molar refractivity (Wildman–Crippen MR) is 85.4 cm³/mol. The Morgan fingerprint density at radius 2 is 2.11 bits per heavy atom. The van der Waals surface area contributed by atoms with Crippen molar-refractivity contribution in [2.75, 3.05) is 0 Å². The van der Waals surface area contributed by atoms with Crippen LogP contribution in [0.25, 0.3) is 0 Å². The quantitative estimate of drug-likeness (QED) is 0.738. The number of halogens is 1. The van der Waals surface area contributed by atoms with E-state index in [9.17, 15) is 0 Å². The molecule has 0 bridgehead atoms. The molecular formula is C14H11ClN2S2. The number of hydrogen-bond acceptors (Lipinski definition) is 4. The Balaban J connectivity index is 1.68. The van der Waals surface area contributed by atoms with Crippen LogP contribution in [0.3, 0.4) is 0 Å². The van der Waals surface area contributed by atoms with Crippen molar-refractivity contribution < 1.29 is 0 Å². The predicted octanol–water partition coefficient (Wildman–Crippen LogP) is 4.90. The molecule has 0 saturated heterocycles. The summed E-state index contributed by atoms with van der Waals surface area (Å²) in [4.78, 5) is 8.76. The summed E-state index contributed by atoms with van der Waals surface area (Å²) in [5.41, 5.74) is 3.57. The van der Waals surface area contributed by atoms with Crippen LogP contribution in [0.15, 0.2) is 47.6 Å². The highest BCUT2D eigenvalue weighted by molar-refractivity contribution is 8.38. The number of aliphatic imine (C=N–C) groups is 1. The molecule has 5 heteroatoms. The molecule has 2 aromatic rings. The summed E-state index contributed by atoms with van der Waals surface area (Å²) in [6.45, 7) is 0. The summed E-state index contributed by atoms with van der Waals surface area (Å²) in [5, 5.41) is 0.534. The van der Waals surface area contributed by atoms with E-state index in [1.165, 1.54) is 5.56 Å². The first kappa shape index (κ1) is 13.0. The number of rotatable bonds is 2. The van der Waals surface area contributed by atoms with Crippen LogP contribution in [-0.2, 0) is 11.5 Å². The van der Waals surface area contributed by atoms with Crippen LogP contribution in [0.4, 0.5) is 5.69 Å². The summed E-state index contributed by atoms with van der Waals surface area (Å²) in [6.07, 6.45) is 1.82. The lowest BCUT2D eigenvalue weighted by Gasteiger charge is -2.14. The molecule has 0 radical (unpaired) electrons. The Morgan fingerprint density at radius 1 is 1.21 bits per heavy atom. The number of pyridine rings is 1. The second-order valence-corrected chi connectivity index (χ2v) is 6.65. The minimum atomic E-state index is 0.534. The first-order chi connectivity index (χ1) is 9.31. The summed E-state index contributed by atoms with van der Waals surface area (Å²) >= 11 is 9.32. The summed E-state index contributed by atoms with van der Waals surface area (Å²) in [5.74, 6) is 1.87. The van der Waals surface area contributed by atoms with Gasteiger partial charge in [0.2, 0.25) is 0 Å². The second kappa shape index (κ2) is 5.99. The van der Waals surface area contributed by atoms with Gasteiger partial charge in [-0.2, -0.15) is 0 Å². The lowest BCUT2D eigenvalue weighted by molar-refractivity contribution is 1.25. The van der Waals surface area contributed by atoms with Gasteiger partial charge >= 0.3 is 0 Å². The van der Waals surface area contributed by atoms with Crippen LogP contribution in [-0.4, -0.2) is 9.36 Å². The number of benzene rings is 1. The first-order valence-corrected chi connectivity index (χ1v) is 8.19. The van der Waals surface area contributed by atoms with Gasteiger partial charge in [-0.25, -0.2) is 9.98 Å². The average Bonchev–Trinajstić information content (AvgIpc) is 2.46. The summed E-state index contributed by atoms with van der Waals surface area (Å²) < 4.78 is 1.12. The lowest BCUT2D eigenvalue weighted by atomic mass is 10.2. The maximum Gasteiger partial charge on any atom is 0.131 e. The van der Waals surface area contributed by atoms with Gasteiger partial charge in [-0.1, -0.05) is 59.4 Å². The van der Waals surface area contributed by atoms with E-state index < -0.39 is 0 Å². The topological polar surface area (TPSA) is 25.2 Å². The largest absolute Gasteiger partial charge is 0.244 e. The Bertz CT molecular complexity index is 611. The highest BCUT2D eigenvalue weighted by Crippen LogP contribution is 2.35. The maximum absolute atomic E-state index is 5.77. The van der Waals surface area contributed by atoms with E-state index >= 15 is 0 Å². The molecule has 0 saturated carbocycles. The maximum atomic E-state index is 5.77. The number of hydrogen-bond donors (Lipinski definition) is 0. The van der Waals surface area contributed by atoms with Crippen LogP contribution in [0, 0.1) is 0 Å². The van der Waals surface area contributed by atoms with Crippen LogP contribution < -0.4 is 0 Å². The second-order valence-electron chi connectivity index (χ2n) is 4.07. The number of para-hydroxylation sites is 1. The number of thioether (sulfide) groups is 2. The number of fused-ring (bicyclic) bond motifs is 1. The van der Waals surface area contributed by atoms with Crippen molar-refractivity contribution in [1.82, 2.24) is 4.98 Å². The smallest absolute Gasteiger partial charge is 0.131 e. The molecule has 0 unspecified atom stereocenters. The van der Waals surface area contributed by atoms with Gasteiger partial charge in [-0.3, -0.25) is 0 Å². The standard InChI is InChI=1S/C14H11ClN2S2/c15-13-6-5-10(7-16-13)8-18-14-17-12-4-2-1-3-11(12)9-19-14/h1-7H,8-9H2. The molecule has 0 fully saturated rings. The molecular weight excluding hydrogens is 296 g/mol. The van der Waals surface area contributed by atoms with Gasteiger partial charge in [0.15, 0.2) is 0 Å². The molecule has 1 aliphatic heterocycles. The fraction of sp³-hybridized carbons (Fsp3) is 0.143. The minimum absolute atomic E-state index is 0.534.